The molecule has 3 aromatic rings. The van der Waals surface area contributed by atoms with Crippen LogP contribution in [0, 0.1) is 20.8 Å². The molecule has 0 aliphatic rings. The molecule has 0 atom stereocenters. The normalized spacial score (nSPS) is 10.5. The summed E-state index contributed by atoms with van der Waals surface area (Å²) in [7, 11) is 0. The highest BCUT2D eigenvalue weighted by atomic mass is 35.5. The van der Waals surface area contributed by atoms with E-state index in [2.05, 4.69) is 20.6 Å². The van der Waals surface area contributed by atoms with Crippen molar-refractivity contribution < 1.29 is 4.79 Å². The number of anilines is 3. The van der Waals surface area contributed by atoms with Crippen LogP contribution in [0.25, 0.3) is 0 Å². The lowest BCUT2D eigenvalue weighted by Gasteiger charge is -2.11. The summed E-state index contributed by atoms with van der Waals surface area (Å²) >= 11 is 6.12. The smallest absolute Gasteiger partial charge is 0.275 e. The molecule has 0 bridgehead atoms. The Morgan fingerprint density at radius 2 is 1.65 bits per heavy atom. The van der Waals surface area contributed by atoms with Crippen LogP contribution in [-0.4, -0.2) is 15.9 Å². The van der Waals surface area contributed by atoms with Gasteiger partial charge in [0, 0.05) is 16.4 Å². The van der Waals surface area contributed by atoms with Crippen LogP contribution >= 0.6 is 11.6 Å². The third kappa shape index (κ3) is 3.83. The third-order valence-corrected chi connectivity index (χ3v) is 4.68. The molecule has 6 heteroatoms. The first-order valence-corrected chi connectivity index (χ1v) is 8.55. The number of nitrogens with zero attached hydrogens (tertiary/aromatic N) is 2. The number of halogens is 1. The van der Waals surface area contributed by atoms with Crippen LogP contribution < -0.4 is 10.6 Å². The van der Waals surface area contributed by atoms with Crippen LogP contribution in [-0.2, 0) is 0 Å². The van der Waals surface area contributed by atoms with E-state index in [1.165, 1.54) is 12.4 Å². The summed E-state index contributed by atoms with van der Waals surface area (Å²) in [6.45, 7) is 5.89. The van der Waals surface area contributed by atoms with Gasteiger partial charge in [-0.05, 0) is 55.7 Å². The highest BCUT2D eigenvalue weighted by Crippen LogP contribution is 2.25. The van der Waals surface area contributed by atoms with Crippen molar-refractivity contribution in [3.8, 4) is 0 Å². The van der Waals surface area contributed by atoms with E-state index in [1.54, 1.807) is 0 Å². The van der Waals surface area contributed by atoms with Crippen LogP contribution in [0.3, 0.4) is 0 Å². The predicted octanol–water partition coefficient (Wildman–Crippen LogP) is 5.05. The SMILES string of the molecule is Cc1cccc(NC(=O)c2cnc(Nc3cccc(Cl)c3C)cn2)c1C. The maximum atomic E-state index is 12.4. The third-order valence-electron chi connectivity index (χ3n) is 4.27. The summed E-state index contributed by atoms with van der Waals surface area (Å²) < 4.78 is 0. The second kappa shape index (κ2) is 7.54. The largest absolute Gasteiger partial charge is 0.339 e. The lowest BCUT2D eigenvalue weighted by atomic mass is 10.1. The molecule has 5 nitrogen and oxygen atoms in total. The number of benzene rings is 2. The minimum absolute atomic E-state index is 0.249. The van der Waals surface area contributed by atoms with Gasteiger partial charge >= 0.3 is 0 Å². The van der Waals surface area contributed by atoms with Gasteiger partial charge in [-0.3, -0.25) is 4.79 Å². The second-order valence-corrected chi connectivity index (χ2v) is 6.43. The number of nitrogens with one attached hydrogen (secondary N) is 2. The van der Waals surface area contributed by atoms with Crippen LogP contribution in [0.4, 0.5) is 17.2 Å². The first kappa shape index (κ1) is 17.9. The number of hydrogen-bond acceptors (Lipinski definition) is 4. The zero-order chi connectivity index (χ0) is 18.7. The fourth-order valence-electron chi connectivity index (χ4n) is 2.46. The highest BCUT2D eigenvalue weighted by molar-refractivity contribution is 6.31. The quantitative estimate of drug-likeness (QED) is 0.678. The fraction of sp³-hybridized carbons (Fsp3) is 0.150. The molecule has 26 heavy (non-hydrogen) atoms. The number of carbonyl (C=O) groups excluding carboxylic acids is 1. The Kier molecular flexibility index (Phi) is 5.19. The summed E-state index contributed by atoms with van der Waals surface area (Å²) in [6, 6.07) is 11.4. The van der Waals surface area contributed by atoms with Gasteiger partial charge in [-0.1, -0.05) is 29.8 Å². The van der Waals surface area contributed by atoms with Crippen molar-refractivity contribution in [3.63, 3.8) is 0 Å². The molecule has 1 amide bonds. The number of carbonyl (C=O) groups is 1. The van der Waals surface area contributed by atoms with Crippen LogP contribution in [0.5, 0.6) is 0 Å². The average Bonchev–Trinajstić information content (AvgIpc) is 2.63. The summed E-state index contributed by atoms with van der Waals surface area (Å²) in [4.78, 5) is 20.9. The second-order valence-electron chi connectivity index (χ2n) is 6.03. The summed E-state index contributed by atoms with van der Waals surface area (Å²) in [5.41, 5.74) is 4.94. The molecule has 132 valence electrons. The Bertz CT molecular complexity index is 955. The Hall–Kier alpha value is -2.92. The molecule has 0 saturated carbocycles. The molecule has 0 aliphatic heterocycles. The Morgan fingerprint density at radius 1 is 0.923 bits per heavy atom. The highest BCUT2D eigenvalue weighted by Gasteiger charge is 2.11. The van der Waals surface area contributed by atoms with Crippen LogP contribution in [0.2, 0.25) is 5.02 Å². The topological polar surface area (TPSA) is 66.9 Å². The number of hydrogen-bond donors (Lipinski definition) is 2. The maximum Gasteiger partial charge on any atom is 0.275 e. The number of amides is 1. The number of aryl methyl sites for hydroxylation is 1. The summed E-state index contributed by atoms with van der Waals surface area (Å²) in [6.07, 6.45) is 2.97. The van der Waals surface area contributed by atoms with Crippen molar-refractivity contribution in [3.05, 3.63) is 76.2 Å². The predicted molar refractivity (Wildman–Crippen MR) is 105 cm³/mol. The molecule has 0 aliphatic carbocycles. The first-order chi connectivity index (χ1) is 12.5. The van der Waals surface area contributed by atoms with Gasteiger partial charge < -0.3 is 10.6 Å². The molecule has 3 rings (SSSR count). The van der Waals surface area contributed by atoms with Crippen molar-refractivity contribution in [1.82, 2.24) is 9.97 Å². The molecule has 0 spiro atoms. The molecule has 0 saturated heterocycles. The molecule has 1 heterocycles. The number of aromatic nitrogens is 2. The van der Waals surface area contributed by atoms with E-state index < -0.39 is 0 Å². The van der Waals surface area contributed by atoms with Crippen molar-refractivity contribution in [1.29, 1.82) is 0 Å². The van der Waals surface area contributed by atoms with Gasteiger partial charge in [0.05, 0.1) is 12.4 Å². The van der Waals surface area contributed by atoms with Crippen LogP contribution in [0.15, 0.2) is 48.8 Å². The molecular weight excluding hydrogens is 348 g/mol. The average molecular weight is 367 g/mol. The molecular formula is C20H19ClN4O. The lowest BCUT2D eigenvalue weighted by Crippen LogP contribution is -2.15. The molecule has 0 radical (unpaired) electrons. The molecule has 2 N–H and O–H groups in total. The maximum absolute atomic E-state index is 12.4. The van der Waals surface area contributed by atoms with Gasteiger partial charge in [0.2, 0.25) is 0 Å². The van der Waals surface area contributed by atoms with Crippen molar-refractivity contribution in [2.24, 2.45) is 0 Å². The Morgan fingerprint density at radius 3 is 2.38 bits per heavy atom. The minimum Gasteiger partial charge on any atom is -0.339 e. The summed E-state index contributed by atoms with van der Waals surface area (Å²) in [5.74, 6) is 0.246. The van der Waals surface area contributed by atoms with Gasteiger partial charge in [-0.15, -0.1) is 0 Å². The van der Waals surface area contributed by atoms with Crippen molar-refractivity contribution in [2.75, 3.05) is 10.6 Å². The van der Waals surface area contributed by atoms with Crippen molar-refractivity contribution in [2.45, 2.75) is 20.8 Å². The molecule has 2 aromatic carbocycles. The molecule has 0 unspecified atom stereocenters. The summed E-state index contributed by atoms with van der Waals surface area (Å²) in [5, 5.41) is 6.70. The zero-order valence-corrected chi connectivity index (χ0v) is 15.6. The first-order valence-electron chi connectivity index (χ1n) is 8.17. The zero-order valence-electron chi connectivity index (χ0n) is 14.8. The van der Waals surface area contributed by atoms with Gasteiger partial charge in [0.15, 0.2) is 0 Å². The Labute approximate surface area is 157 Å². The van der Waals surface area contributed by atoms with E-state index in [4.69, 9.17) is 11.6 Å². The van der Waals surface area contributed by atoms with E-state index >= 15 is 0 Å². The van der Waals surface area contributed by atoms with Gasteiger partial charge in [0.1, 0.15) is 11.5 Å². The monoisotopic (exact) mass is 366 g/mol. The van der Waals surface area contributed by atoms with E-state index in [9.17, 15) is 4.79 Å². The van der Waals surface area contributed by atoms with Gasteiger partial charge in [-0.25, -0.2) is 9.97 Å². The van der Waals surface area contributed by atoms with E-state index in [1.807, 2.05) is 57.2 Å². The minimum atomic E-state index is -0.295. The molecule has 1 aromatic heterocycles. The van der Waals surface area contributed by atoms with E-state index in [0.29, 0.717) is 10.8 Å². The van der Waals surface area contributed by atoms with Crippen molar-refractivity contribution >= 4 is 34.7 Å². The Balaban J connectivity index is 1.74. The fourth-order valence-corrected chi connectivity index (χ4v) is 2.64. The lowest BCUT2D eigenvalue weighted by molar-refractivity contribution is 0.102. The van der Waals surface area contributed by atoms with Gasteiger partial charge in [-0.2, -0.15) is 0 Å². The molecule has 0 fully saturated rings. The van der Waals surface area contributed by atoms with E-state index in [0.717, 1.165) is 28.1 Å². The van der Waals surface area contributed by atoms with Gasteiger partial charge in [0.25, 0.3) is 5.91 Å². The number of rotatable bonds is 4. The standard InChI is InChI=1S/C20H19ClN4O/c1-12-6-4-8-16(13(12)2)25-20(26)18-10-23-19(11-22-18)24-17-9-5-7-15(21)14(17)3/h4-11H,1-3H3,(H,23,24)(H,25,26). The van der Waals surface area contributed by atoms with E-state index in [-0.39, 0.29) is 11.6 Å². The van der Waals surface area contributed by atoms with Crippen LogP contribution in [0.1, 0.15) is 27.2 Å².